The Hall–Kier alpha value is -2.65. The van der Waals surface area contributed by atoms with Crippen molar-refractivity contribution >= 4 is 50.8 Å². The Kier molecular flexibility index (Phi) is 6.15. The number of nitrogens with one attached hydrogen (secondary N) is 1. The molecule has 2 heterocycles. The molecule has 1 aromatic carbocycles. The Morgan fingerprint density at radius 1 is 1.25 bits per heavy atom. The zero-order valence-electron chi connectivity index (χ0n) is 15.8. The zero-order valence-corrected chi connectivity index (χ0v) is 17.4. The summed E-state index contributed by atoms with van der Waals surface area (Å²) in [7, 11) is 3.21. The minimum atomic E-state index is -0.269. The summed E-state index contributed by atoms with van der Waals surface area (Å²) in [6, 6.07) is 9.23. The van der Waals surface area contributed by atoms with E-state index in [1.807, 2.05) is 36.6 Å². The van der Waals surface area contributed by atoms with E-state index in [1.165, 1.54) is 32.6 Å². The van der Waals surface area contributed by atoms with Crippen molar-refractivity contribution in [1.82, 2.24) is 14.5 Å². The third-order valence-electron chi connectivity index (χ3n) is 4.11. The highest BCUT2D eigenvalue weighted by Gasteiger charge is 2.16. The number of thiophene rings is 1. The number of likely N-dealkylation sites (N-methyl/N-ethyl adjacent to an activating group) is 1. The normalized spacial score (nSPS) is 10.8. The number of rotatable bonds is 6. The molecular weight excluding hydrogens is 396 g/mol. The van der Waals surface area contributed by atoms with Crippen LogP contribution in [0.4, 0.5) is 5.69 Å². The van der Waals surface area contributed by atoms with Crippen LogP contribution in [0, 0.1) is 6.92 Å². The molecule has 0 radical (unpaired) electrons. The van der Waals surface area contributed by atoms with Gasteiger partial charge in [-0.05, 0) is 30.5 Å². The van der Waals surface area contributed by atoms with E-state index in [-0.39, 0.29) is 29.7 Å². The Bertz CT molecular complexity index is 1070. The van der Waals surface area contributed by atoms with Crippen molar-refractivity contribution in [3.05, 3.63) is 51.6 Å². The number of benzene rings is 1. The lowest BCUT2D eigenvalue weighted by Crippen LogP contribution is -2.36. The first kappa shape index (κ1) is 20.1. The minimum Gasteiger partial charge on any atom is -0.336 e. The first-order valence-corrected chi connectivity index (χ1v) is 10.4. The molecule has 0 saturated carbocycles. The fourth-order valence-electron chi connectivity index (χ4n) is 2.47. The molecule has 0 spiro atoms. The second-order valence-electron chi connectivity index (χ2n) is 6.35. The summed E-state index contributed by atoms with van der Waals surface area (Å²) in [5, 5.41) is 5.06. The molecule has 0 unspecified atom stereocenters. The van der Waals surface area contributed by atoms with Crippen molar-refractivity contribution in [1.29, 1.82) is 0 Å². The van der Waals surface area contributed by atoms with Gasteiger partial charge in [-0.2, -0.15) is 0 Å². The Morgan fingerprint density at radius 3 is 2.68 bits per heavy atom. The van der Waals surface area contributed by atoms with Crippen LogP contribution in [-0.4, -0.2) is 45.6 Å². The molecule has 2 amide bonds. The highest BCUT2D eigenvalue weighted by molar-refractivity contribution is 7.99. The van der Waals surface area contributed by atoms with E-state index >= 15 is 0 Å². The standard InChI is InChI=1S/C19H20N4O3S2/c1-12-4-6-13(7-5-12)20-15(24)10-22(2)16(25)11-28-19-21-14-8-9-27-17(14)18(26)23(19)3/h4-9H,10-11H2,1-3H3,(H,20,24). The molecule has 146 valence electrons. The lowest BCUT2D eigenvalue weighted by molar-refractivity contribution is -0.131. The molecule has 1 N–H and O–H groups in total. The molecule has 2 aromatic heterocycles. The molecule has 0 aliphatic rings. The van der Waals surface area contributed by atoms with Gasteiger partial charge in [0.1, 0.15) is 4.70 Å². The van der Waals surface area contributed by atoms with Gasteiger partial charge in [0, 0.05) is 19.8 Å². The fourth-order valence-corrected chi connectivity index (χ4v) is 4.19. The average Bonchev–Trinajstić information content (AvgIpc) is 3.13. The number of nitrogens with zero attached hydrogens (tertiary/aromatic N) is 3. The van der Waals surface area contributed by atoms with Crippen LogP contribution in [0.25, 0.3) is 10.2 Å². The number of anilines is 1. The molecule has 0 aliphatic carbocycles. The Balaban J connectivity index is 1.57. The number of carbonyl (C=O) groups is 2. The highest BCUT2D eigenvalue weighted by atomic mass is 32.2. The smallest absolute Gasteiger partial charge is 0.271 e. The molecule has 0 aliphatic heterocycles. The molecule has 7 nitrogen and oxygen atoms in total. The molecule has 0 saturated heterocycles. The van der Waals surface area contributed by atoms with Gasteiger partial charge < -0.3 is 10.2 Å². The lowest BCUT2D eigenvalue weighted by Gasteiger charge is -2.17. The van der Waals surface area contributed by atoms with Gasteiger partial charge in [0.2, 0.25) is 11.8 Å². The van der Waals surface area contributed by atoms with Crippen LogP contribution in [-0.2, 0) is 16.6 Å². The van der Waals surface area contributed by atoms with Crippen LogP contribution < -0.4 is 10.9 Å². The Labute approximate surface area is 170 Å². The van der Waals surface area contributed by atoms with Gasteiger partial charge in [-0.3, -0.25) is 19.0 Å². The predicted octanol–water partition coefficient (Wildman–Crippen LogP) is 2.49. The van der Waals surface area contributed by atoms with Crippen LogP contribution in [0.2, 0.25) is 0 Å². The summed E-state index contributed by atoms with van der Waals surface area (Å²) in [4.78, 5) is 42.6. The van der Waals surface area contributed by atoms with Crippen molar-refractivity contribution in [3.63, 3.8) is 0 Å². The molecule has 0 fully saturated rings. The third kappa shape index (κ3) is 4.60. The maximum atomic E-state index is 12.4. The number of amides is 2. The van der Waals surface area contributed by atoms with Crippen LogP contribution in [0.15, 0.2) is 45.7 Å². The monoisotopic (exact) mass is 416 g/mol. The SMILES string of the molecule is Cc1ccc(NC(=O)CN(C)C(=O)CSc2nc3ccsc3c(=O)n2C)cc1. The van der Waals surface area contributed by atoms with Gasteiger partial charge in [-0.25, -0.2) is 4.98 Å². The lowest BCUT2D eigenvalue weighted by atomic mass is 10.2. The molecule has 0 bridgehead atoms. The van der Waals surface area contributed by atoms with Crippen molar-refractivity contribution < 1.29 is 9.59 Å². The van der Waals surface area contributed by atoms with E-state index in [9.17, 15) is 14.4 Å². The van der Waals surface area contributed by atoms with Crippen molar-refractivity contribution in [2.24, 2.45) is 7.05 Å². The van der Waals surface area contributed by atoms with E-state index in [4.69, 9.17) is 0 Å². The molecule has 3 rings (SSSR count). The van der Waals surface area contributed by atoms with Gasteiger partial charge in [-0.1, -0.05) is 29.5 Å². The summed E-state index contributed by atoms with van der Waals surface area (Å²) < 4.78 is 2.05. The summed E-state index contributed by atoms with van der Waals surface area (Å²) in [5.41, 5.74) is 2.30. The Morgan fingerprint density at radius 2 is 1.96 bits per heavy atom. The topological polar surface area (TPSA) is 84.3 Å². The number of thioether (sulfide) groups is 1. The molecule has 0 atom stereocenters. The summed E-state index contributed by atoms with van der Waals surface area (Å²) in [6.45, 7) is 1.92. The molecule has 28 heavy (non-hydrogen) atoms. The number of fused-ring (bicyclic) bond motifs is 1. The fraction of sp³-hybridized carbons (Fsp3) is 0.263. The van der Waals surface area contributed by atoms with Crippen molar-refractivity contribution in [2.75, 3.05) is 24.7 Å². The molecular formula is C19H20N4O3S2. The van der Waals surface area contributed by atoms with Gasteiger partial charge in [-0.15, -0.1) is 11.3 Å². The molecule has 9 heteroatoms. The zero-order chi connectivity index (χ0) is 20.3. The van der Waals surface area contributed by atoms with Gasteiger partial charge in [0.15, 0.2) is 5.16 Å². The number of carbonyl (C=O) groups excluding carboxylic acids is 2. The van der Waals surface area contributed by atoms with Gasteiger partial charge in [0.25, 0.3) is 5.56 Å². The second kappa shape index (κ2) is 8.57. The van der Waals surface area contributed by atoms with E-state index in [0.717, 1.165) is 5.56 Å². The highest BCUT2D eigenvalue weighted by Crippen LogP contribution is 2.20. The van der Waals surface area contributed by atoms with Crippen LogP contribution >= 0.6 is 23.1 Å². The van der Waals surface area contributed by atoms with E-state index in [0.29, 0.717) is 21.1 Å². The van der Waals surface area contributed by atoms with Crippen LogP contribution in [0.1, 0.15) is 5.56 Å². The van der Waals surface area contributed by atoms with E-state index < -0.39 is 0 Å². The number of hydrogen-bond acceptors (Lipinski definition) is 6. The third-order valence-corrected chi connectivity index (χ3v) is 6.02. The second-order valence-corrected chi connectivity index (χ2v) is 8.20. The largest absolute Gasteiger partial charge is 0.336 e. The number of aromatic nitrogens is 2. The van der Waals surface area contributed by atoms with Gasteiger partial charge in [0.05, 0.1) is 17.8 Å². The van der Waals surface area contributed by atoms with Crippen molar-refractivity contribution in [2.45, 2.75) is 12.1 Å². The summed E-state index contributed by atoms with van der Waals surface area (Å²) in [6.07, 6.45) is 0. The summed E-state index contributed by atoms with van der Waals surface area (Å²) >= 11 is 2.53. The first-order chi connectivity index (χ1) is 13.3. The van der Waals surface area contributed by atoms with E-state index in [2.05, 4.69) is 10.3 Å². The maximum Gasteiger partial charge on any atom is 0.271 e. The first-order valence-electron chi connectivity index (χ1n) is 8.52. The average molecular weight is 417 g/mol. The number of aryl methyl sites for hydroxylation is 1. The van der Waals surface area contributed by atoms with Crippen LogP contribution in [0.5, 0.6) is 0 Å². The quantitative estimate of drug-likeness (QED) is 0.493. The summed E-state index contributed by atoms with van der Waals surface area (Å²) in [5.74, 6) is -0.400. The van der Waals surface area contributed by atoms with Crippen LogP contribution in [0.3, 0.4) is 0 Å². The van der Waals surface area contributed by atoms with E-state index in [1.54, 1.807) is 20.2 Å². The molecule has 3 aromatic rings. The number of hydrogen-bond donors (Lipinski definition) is 1. The van der Waals surface area contributed by atoms with Crippen molar-refractivity contribution in [3.8, 4) is 0 Å². The van der Waals surface area contributed by atoms with Gasteiger partial charge >= 0.3 is 0 Å². The predicted molar refractivity (Wildman–Crippen MR) is 113 cm³/mol. The minimum absolute atomic E-state index is 0.0524. The maximum absolute atomic E-state index is 12.4.